The molecule has 4 heterocycles. The highest BCUT2D eigenvalue weighted by molar-refractivity contribution is 7.87. The van der Waals surface area contributed by atoms with Gasteiger partial charge in [0.1, 0.15) is 23.4 Å². The number of hydrogen-bond acceptors (Lipinski definition) is 8. The second-order valence-corrected chi connectivity index (χ2v) is 10.1. The Hall–Kier alpha value is -3.19. The molecule has 1 aliphatic rings. The third-order valence-electron chi connectivity index (χ3n) is 5.61. The first kappa shape index (κ1) is 22.6. The van der Waals surface area contributed by atoms with Crippen LogP contribution in [0, 0.1) is 0 Å². The Kier molecular flexibility index (Phi) is 5.90. The molecule has 1 fully saturated rings. The SMILES string of the molecule is COc1cc(-c2nc3occn3c2-c2ccnc(NCCN3CCN(C)S3(=O)=O)n2)ccc1Cl. The number of oxazole rings is 1. The van der Waals surface area contributed by atoms with Crippen LogP contribution in [0.1, 0.15) is 0 Å². The summed E-state index contributed by atoms with van der Waals surface area (Å²) in [5.41, 5.74) is 2.75. The predicted molar refractivity (Wildman–Crippen MR) is 127 cm³/mol. The van der Waals surface area contributed by atoms with E-state index in [-0.39, 0.29) is 0 Å². The monoisotopic (exact) mass is 503 g/mol. The van der Waals surface area contributed by atoms with Crippen LogP contribution in [0.4, 0.5) is 5.95 Å². The lowest BCUT2D eigenvalue weighted by Gasteiger charge is -2.16. The van der Waals surface area contributed by atoms with Gasteiger partial charge in [-0.05, 0) is 18.2 Å². The van der Waals surface area contributed by atoms with Crippen molar-refractivity contribution in [1.82, 2.24) is 28.0 Å². The second-order valence-electron chi connectivity index (χ2n) is 7.63. The van der Waals surface area contributed by atoms with Crippen molar-refractivity contribution in [3.63, 3.8) is 0 Å². The Balaban J connectivity index is 1.44. The van der Waals surface area contributed by atoms with Crippen molar-refractivity contribution in [1.29, 1.82) is 0 Å². The maximum atomic E-state index is 12.2. The van der Waals surface area contributed by atoms with Gasteiger partial charge in [-0.25, -0.2) is 9.97 Å². The second kappa shape index (κ2) is 8.87. The number of fused-ring (bicyclic) bond motifs is 1. The summed E-state index contributed by atoms with van der Waals surface area (Å²) >= 11 is 6.20. The van der Waals surface area contributed by atoms with Gasteiger partial charge in [-0.3, -0.25) is 4.40 Å². The zero-order valence-corrected chi connectivity index (χ0v) is 20.0. The molecule has 0 spiro atoms. The highest BCUT2D eigenvalue weighted by atomic mass is 35.5. The number of anilines is 1. The lowest BCUT2D eigenvalue weighted by Crippen LogP contribution is -2.34. The van der Waals surface area contributed by atoms with Crippen molar-refractivity contribution in [2.45, 2.75) is 0 Å². The van der Waals surface area contributed by atoms with Gasteiger partial charge in [-0.1, -0.05) is 17.7 Å². The summed E-state index contributed by atoms with van der Waals surface area (Å²) in [4.78, 5) is 13.6. The summed E-state index contributed by atoms with van der Waals surface area (Å²) in [5, 5.41) is 3.61. The number of methoxy groups -OCH3 is 1. The molecule has 0 atom stereocenters. The lowest BCUT2D eigenvalue weighted by atomic mass is 10.1. The number of nitrogens with one attached hydrogen (secondary N) is 1. The first-order chi connectivity index (χ1) is 16.4. The van der Waals surface area contributed by atoms with Crippen LogP contribution in [-0.2, 0) is 10.2 Å². The number of benzene rings is 1. The van der Waals surface area contributed by atoms with Crippen LogP contribution in [-0.4, -0.2) is 76.7 Å². The van der Waals surface area contributed by atoms with E-state index in [1.165, 1.54) is 8.61 Å². The van der Waals surface area contributed by atoms with Gasteiger partial charge >= 0.3 is 5.84 Å². The fraction of sp³-hybridized carbons (Fsp3) is 0.286. The largest absolute Gasteiger partial charge is 0.495 e. The molecule has 13 heteroatoms. The average molecular weight is 504 g/mol. The molecule has 3 aromatic heterocycles. The zero-order chi connectivity index (χ0) is 23.9. The third kappa shape index (κ3) is 3.98. The van der Waals surface area contributed by atoms with Crippen LogP contribution in [0.15, 0.2) is 47.3 Å². The van der Waals surface area contributed by atoms with Gasteiger partial charge in [-0.2, -0.15) is 22.0 Å². The minimum absolute atomic E-state index is 0.314. The predicted octanol–water partition coefficient (Wildman–Crippen LogP) is 2.62. The van der Waals surface area contributed by atoms with Crippen molar-refractivity contribution < 1.29 is 17.6 Å². The third-order valence-corrected chi connectivity index (χ3v) is 7.91. The van der Waals surface area contributed by atoms with Gasteiger partial charge in [-0.15, -0.1) is 0 Å². The van der Waals surface area contributed by atoms with E-state index in [0.717, 1.165) is 5.56 Å². The number of likely N-dealkylation sites (N-methyl/N-ethyl adjacent to an activating group) is 1. The van der Waals surface area contributed by atoms with E-state index in [2.05, 4.69) is 20.3 Å². The molecule has 1 N–H and O–H groups in total. The Labute approximate surface area is 201 Å². The maximum absolute atomic E-state index is 12.2. The molecule has 0 radical (unpaired) electrons. The molecule has 1 saturated heterocycles. The number of ether oxygens (including phenoxy) is 1. The van der Waals surface area contributed by atoms with Gasteiger partial charge in [0.05, 0.1) is 17.8 Å². The van der Waals surface area contributed by atoms with Crippen LogP contribution in [0.5, 0.6) is 5.75 Å². The van der Waals surface area contributed by atoms with Gasteiger partial charge in [0.25, 0.3) is 10.2 Å². The highest BCUT2D eigenvalue weighted by Gasteiger charge is 2.33. The van der Waals surface area contributed by atoms with Crippen LogP contribution in [0.2, 0.25) is 5.02 Å². The molecule has 1 aliphatic heterocycles. The molecular formula is C21H22ClN7O4S. The number of hydrogen-bond donors (Lipinski definition) is 1. The van der Waals surface area contributed by atoms with E-state index in [0.29, 0.717) is 65.8 Å². The standard InChI is InChI=1S/C21H22ClN7O4S/c1-27-9-10-28(34(27,30)31)8-7-24-20-23-6-5-16(25-20)19-18(26-21-29(19)11-12-33-21)14-3-4-15(22)17(13-14)32-2/h3-6,11-13H,7-10H2,1-2H3,(H,23,24,25). The van der Waals surface area contributed by atoms with Gasteiger partial charge < -0.3 is 14.5 Å². The topological polar surface area (TPSA) is 118 Å². The van der Waals surface area contributed by atoms with E-state index in [4.69, 9.17) is 20.8 Å². The molecule has 0 aliphatic carbocycles. The number of halogens is 1. The molecule has 178 valence electrons. The van der Waals surface area contributed by atoms with Crippen molar-refractivity contribution in [2.24, 2.45) is 0 Å². The van der Waals surface area contributed by atoms with Crippen LogP contribution < -0.4 is 10.1 Å². The number of nitrogens with zero attached hydrogens (tertiary/aromatic N) is 6. The summed E-state index contributed by atoms with van der Waals surface area (Å²) in [6, 6.07) is 7.18. The molecule has 11 nitrogen and oxygen atoms in total. The van der Waals surface area contributed by atoms with Crippen LogP contribution in [0.3, 0.4) is 0 Å². The fourth-order valence-corrected chi connectivity index (χ4v) is 5.35. The minimum Gasteiger partial charge on any atom is -0.495 e. The zero-order valence-electron chi connectivity index (χ0n) is 18.5. The molecule has 34 heavy (non-hydrogen) atoms. The van der Waals surface area contributed by atoms with E-state index in [1.807, 2.05) is 12.1 Å². The summed E-state index contributed by atoms with van der Waals surface area (Å²) in [6.07, 6.45) is 4.95. The average Bonchev–Trinajstić information content (AvgIpc) is 3.49. The number of aromatic nitrogens is 4. The molecular weight excluding hydrogens is 482 g/mol. The summed E-state index contributed by atoms with van der Waals surface area (Å²) < 4.78 is 39.9. The van der Waals surface area contributed by atoms with E-state index in [9.17, 15) is 8.42 Å². The van der Waals surface area contributed by atoms with Crippen LogP contribution in [0.25, 0.3) is 28.5 Å². The van der Waals surface area contributed by atoms with E-state index < -0.39 is 10.2 Å². The summed E-state index contributed by atoms with van der Waals surface area (Å²) in [5.74, 6) is 1.32. The highest BCUT2D eigenvalue weighted by Crippen LogP contribution is 2.36. The molecule has 4 aromatic rings. The van der Waals surface area contributed by atoms with Crippen molar-refractivity contribution in [3.05, 3.63) is 47.9 Å². The fourth-order valence-electron chi connectivity index (χ4n) is 3.81. The first-order valence-electron chi connectivity index (χ1n) is 10.5. The molecule has 0 saturated carbocycles. The lowest BCUT2D eigenvalue weighted by molar-refractivity contribution is 0.415. The quantitative estimate of drug-likeness (QED) is 0.409. The van der Waals surface area contributed by atoms with Gasteiger partial charge in [0.15, 0.2) is 0 Å². The van der Waals surface area contributed by atoms with Crippen LogP contribution >= 0.6 is 11.6 Å². The summed E-state index contributed by atoms with van der Waals surface area (Å²) in [6.45, 7) is 1.62. The van der Waals surface area contributed by atoms with Crippen molar-refractivity contribution >= 4 is 33.6 Å². The van der Waals surface area contributed by atoms with Crippen molar-refractivity contribution in [2.75, 3.05) is 45.7 Å². The van der Waals surface area contributed by atoms with E-state index in [1.54, 1.807) is 49.3 Å². The maximum Gasteiger partial charge on any atom is 0.306 e. The minimum atomic E-state index is -3.38. The molecule has 0 unspecified atom stereocenters. The number of imidazole rings is 1. The molecule has 1 aromatic carbocycles. The Morgan fingerprint density at radius 2 is 2.09 bits per heavy atom. The molecule has 0 bridgehead atoms. The van der Waals surface area contributed by atoms with Gasteiger partial charge in [0, 0.05) is 51.2 Å². The van der Waals surface area contributed by atoms with E-state index >= 15 is 0 Å². The number of rotatable bonds is 7. The summed E-state index contributed by atoms with van der Waals surface area (Å²) in [7, 11) is -0.254. The molecule has 5 rings (SSSR count). The Bertz CT molecular complexity index is 1450. The Morgan fingerprint density at radius 3 is 2.85 bits per heavy atom. The van der Waals surface area contributed by atoms with Gasteiger partial charge in [0.2, 0.25) is 5.95 Å². The first-order valence-corrected chi connectivity index (χ1v) is 12.2. The smallest absolute Gasteiger partial charge is 0.306 e. The van der Waals surface area contributed by atoms with Crippen molar-refractivity contribution in [3.8, 4) is 28.4 Å². The normalized spacial score (nSPS) is 16.3. The molecule has 0 amide bonds. The Morgan fingerprint density at radius 1 is 1.24 bits per heavy atom.